The molecule has 0 atom stereocenters. The van der Waals surface area contributed by atoms with Crippen molar-refractivity contribution in [2.45, 2.75) is 0 Å². The molecule has 0 saturated heterocycles. The minimum absolute atomic E-state index is 0.177. The van der Waals surface area contributed by atoms with Gasteiger partial charge in [-0.3, -0.25) is 0 Å². The van der Waals surface area contributed by atoms with Crippen molar-refractivity contribution in [2.75, 3.05) is 4.90 Å². The zero-order valence-electron chi connectivity index (χ0n) is 36.3. The van der Waals surface area contributed by atoms with Gasteiger partial charge in [0.25, 0.3) is 0 Å². The molecule has 12 aromatic carbocycles. The number of hydrogen-bond acceptors (Lipinski definition) is 1. The van der Waals surface area contributed by atoms with E-state index in [2.05, 4.69) is 260 Å². The van der Waals surface area contributed by atoms with Crippen LogP contribution in [0.3, 0.4) is 0 Å². The van der Waals surface area contributed by atoms with Gasteiger partial charge in [-0.15, -0.1) is 0 Å². The number of rotatable bonds is 7. The lowest BCUT2D eigenvalue weighted by Crippen LogP contribution is -2.59. The van der Waals surface area contributed by atoms with Gasteiger partial charge in [-0.2, -0.15) is 0 Å². The Morgan fingerprint density at radius 2 is 0.773 bits per heavy atom. The fraction of sp³-hybridized carbons (Fsp3) is 0. The van der Waals surface area contributed by atoms with Gasteiger partial charge >= 0.3 is 0 Å². The molecule has 0 bridgehead atoms. The number of para-hydroxylation sites is 2. The molecule has 1 aliphatic heterocycles. The van der Waals surface area contributed by atoms with Crippen LogP contribution in [0.25, 0.3) is 88.0 Å². The molecule has 12 aromatic rings. The predicted molar refractivity (Wildman–Crippen MR) is 283 cm³/mol. The summed E-state index contributed by atoms with van der Waals surface area (Å²) in [5, 5.41) is 7.62. The van der Waals surface area contributed by atoms with E-state index in [4.69, 9.17) is 0 Å². The lowest BCUT2D eigenvalue weighted by atomic mass is 9.32. The maximum Gasteiger partial charge on any atom is 0.249 e. The summed E-state index contributed by atoms with van der Waals surface area (Å²) in [4.78, 5) is 2.57. The van der Waals surface area contributed by atoms with Gasteiger partial charge in [-0.25, -0.2) is 0 Å². The summed E-state index contributed by atoms with van der Waals surface area (Å²) >= 11 is 0. The van der Waals surface area contributed by atoms with Gasteiger partial charge in [0.2, 0.25) is 6.71 Å². The molecule has 1 nitrogen and oxygen atoms in total. The topological polar surface area (TPSA) is 3.24 Å². The fourth-order valence-corrected chi connectivity index (χ4v) is 11.1. The first-order chi connectivity index (χ1) is 32.8. The van der Waals surface area contributed by atoms with Crippen LogP contribution in [0.4, 0.5) is 17.1 Å². The van der Waals surface area contributed by atoms with Gasteiger partial charge in [0.1, 0.15) is 0 Å². The average Bonchev–Trinajstić information content (AvgIpc) is 3.40. The van der Waals surface area contributed by atoms with E-state index in [0.717, 1.165) is 5.69 Å². The minimum Gasteiger partial charge on any atom is -0.311 e. The Morgan fingerprint density at radius 3 is 1.38 bits per heavy atom. The largest absolute Gasteiger partial charge is 0.311 e. The predicted octanol–water partition coefficient (Wildman–Crippen LogP) is 15.2. The number of fused-ring (bicyclic) bond motifs is 3. The molecule has 0 spiro atoms. The standard InChI is InChI=1S/C64H42BN/c1-7-21-43(22-8-1)49-41-55(45-25-11-3-12-26-45)62(56(42-49)46-27-13-4-14-28-46)65-57-33-19-20-34-58(57)66(50-31-17-6-18-32-50)64-54-40-39-52-51(44-23-9-2-10-24-44)37-35-48-36-38-53(61(54)59(48)52)60(63(64)65)47-29-15-5-16-30-47/h1-42H. The number of anilines is 3. The first-order valence-electron chi connectivity index (χ1n) is 23.0. The molecule has 1 aliphatic rings. The van der Waals surface area contributed by atoms with Crippen molar-refractivity contribution in [2.24, 2.45) is 0 Å². The van der Waals surface area contributed by atoms with E-state index in [1.165, 1.54) is 116 Å². The van der Waals surface area contributed by atoms with E-state index >= 15 is 0 Å². The zero-order chi connectivity index (χ0) is 43.6. The van der Waals surface area contributed by atoms with Gasteiger partial charge in [0, 0.05) is 27.8 Å². The average molecular weight is 836 g/mol. The van der Waals surface area contributed by atoms with Crippen LogP contribution in [-0.4, -0.2) is 6.71 Å². The van der Waals surface area contributed by atoms with Gasteiger partial charge in [-0.05, 0) is 118 Å². The van der Waals surface area contributed by atoms with Crippen molar-refractivity contribution in [3.63, 3.8) is 0 Å². The molecule has 0 amide bonds. The Kier molecular flexibility index (Phi) is 9.03. The lowest BCUT2D eigenvalue weighted by Gasteiger charge is -2.41. The molecule has 0 aromatic heterocycles. The van der Waals surface area contributed by atoms with E-state index in [0.29, 0.717) is 0 Å². The van der Waals surface area contributed by atoms with Crippen molar-refractivity contribution in [1.29, 1.82) is 0 Å². The maximum absolute atomic E-state index is 2.57. The Balaban J connectivity index is 1.25. The second-order valence-corrected chi connectivity index (χ2v) is 17.5. The number of hydrogen-bond donors (Lipinski definition) is 0. The van der Waals surface area contributed by atoms with Crippen molar-refractivity contribution in [3.8, 4) is 55.6 Å². The summed E-state index contributed by atoms with van der Waals surface area (Å²) < 4.78 is 0. The summed E-state index contributed by atoms with van der Waals surface area (Å²) in [5.74, 6) is 0. The van der Waals surface area contributed by atoms with Crippen LogP contribution >= 0.6 is 0 Å². The fourth-order valence-electron chi connectivity index (χ4n) is 11.1. The lowest BCUT2D eigenvalue weighted by molar-refractivity contribution is 1.31. The van der Waals surface area contributed by atoms with Crippen LogP contribution in [0, 0.1) is 0 Å². The molecular formula is C64H42BN. The molecule has 0 fully saturated rings. The van der Waals surface area contributed by atoms with Crippen LogP contribution in [0.2, 0.25) is 0 Å². The second-order valence-electron chi connectivity index (χ2n) is 17.5. The molecule has 2 heteroatoms. The first kappa shape index (κ1) is 38.0. The highest BCUT2D eigenvalue weighted by Crippen LogP contribution is 2.49. The molecule has 306 valence electrons. The van der Waals surface area contributed by atoms with E-state index in [-0.39, 0.29) is 6.71 Å². The van der Waals surface area contributed by atoms with Crippen LogP contribution in [-0.2, 0) is 0 Å². The molecule has 0 radical (unpaired) electrons. The van der Waals surface area contributed by atoms with Crippen molar-refractivity contribution in [1.82, 2.24) is 0 Å². The smallest absolute Gasteiger partial charge is 0.249 e. The van der Waals surface area contributed by atoms with Gasteiger partial charge in [-0.1, -0.05) is 230 Å². The van der Waals surface area contributed by atoms with Gasteiger partial charge in [0.15, 0.2) is 0 Å². The first-order valence-corrected chi connectivity index (χ1v) is 23.0. The highest BCUT2D eigenvalue weighted by molar-refractivity contribution is 7.00. The molecule has 1 heterocycles. The van der Waals surface area contributed by atoms with Crippen LogP contribution in [0.1, 0.15) is 0 Å². The van der Waals surface area contributed by atoms with E-state index in [1.807, 2.05) is 0 Å². The molecule has 0 unspecified atom stereocenters. The Bertz CT molecular complexity index is 3660. The van der Waals surface area contributed by atoms with E-state index in [1.54, 1.807) is 0 Å². The molecule has 0 N–H and O–H groups in total. The molecule has 13 rings (SSSR count). The number of benzene rings is 12. The van der Waals surface area contributed by atoms with Crippen molar-refractivity contribution in [3.05, 3.63) is 255 Å². The molecule has 0 aliphatic carbocycles. The number of nitrogens with zero attached hydrogens (tertiary/aromatic N) is 1. The molecule has 66 heavy (non-hydrogen) atoms. The molecule has 0 saturated carbocycles. The third kappa shape index (κ3) is 6.03. The minimum atomic E-state index is -0.177. The highest BCUT2D eigenvalue weighted by atomic mass is 15.2. The zero-order valence-corrected chi connectivity index (χ0v) is 36.3. The monoisotopic (exact) mass is 835 g/mol. The van der Waals surface area contributed by atoms with Crippen LogP contribution in [0.5, 0.6) is 0 Å². The SMILES string of the molecule is c1ccc(-c2cc(-c3ccccc3)c(B3c4ccccc4N(c4ccccc4)c4c3c(-c3ccccc3)c3ccc5ccc(-c6ccccc6)c6ccc4c3c56)c(-c3ccccc3)c2)cc1. The Hall–Kier alpha value is -8.46. The van der Waals surface area contributed by atoms with Gasteiger partial charge < -0.3 is 4.90 Å². The van der Waals surface area contributed by atoms with E-state index < -0.39 is 0 Å². The highest BCUT2D eigenvalue weighted by Gasteiger charge is 2.42. The summed E-state index contributed by atoms with van der Waals surface area (Å²) in [7, 11) is 0. The van der Waals surface area contributed by atoms with E-state index in [9.17, 15) is 0 Å². The van der Waals surface area contributed by atoms with Crippen LogP contribution < -0.4 is 21.3 Å². The summed E-state index contributed by atoms with van der Waals surface area (Å²) in [6, 6.07) is 94.4. The summed E-state index contributed by atoms with van der Waals surface area (Å²) in [6.45, 7) is -0.177. The summed E-state index contributed by atoms with van der Waals surface area (Å²) in [6.07, 6.45) is 0. The quantitative estimate of drug-likeness (QED) is 0.114. The third-order valence-electron chi connectivity index (χ3n) is 13.9. The van der Waals surface area contributed by atoms with Crippen molar-refractivity contribution < 1.29 is 0 Å². The Labute approximate surface area is 385 Å². The van der Waals surface area contributed by atoms with Crippen LogP contribution in [0.15, 0.2) is 255 Å². The summed E-state index contributed by atoms with van der Waals surface area (Å²) in [5.41, 5.74) is 19.6. The third-order valence-corrected chi connectivity index (χ3v) is 13.9. The Morgan fingerprint density at radius 1 is 0.303 bits per heavy atom. The molecular weight excluding hydrogens is 794 g/mol. The normalized spacial score (nSPS) is 12.2. The van der Waals surface area contributed by atoms with Gasteiger partial charge in [0.05, 0.1) is 0 Å². The second kappa shape index (κ2) is 15.7. The van der Waals surface area contributed by atoms with Crippen molar-refractivity contribution >= 4 is 72.5 Å². The maximum atomic E-state index is 2.57.